The highest BCUT2D eigenvalue weighted by atomic mass is 35.5. The molecule has 4 heterocycles. The minimum absolute atomic E-state index is 0.0312. The second kappa shape index (κ2) is 12.1. The SMILES string of the molecule is COc1cc(C=C2SC(=S)N(n3c(C)ccc3C)C2=O)ccc1Oc1nc2c(c(=O)n(C)c(=O)n2C)n1Cc1ccc(Cl)cc1Cl. The maximum absolute atomic E-state index is 13.4. The van der Waals surface area contributed by atoms with Crippen molar-refractivity contribution in [1.82, 2.24) is 23.4 Å². The van der Waals surface area contributed by atoms with Gasteiger partial charge in [-0.2, -0.15) is 9.99 Å². The van der Waals surface area contributed by atoms with E-state index in [1.165, 1.54) is 42.5 Å². The van der Waals surface area contributed by atoms with E-state index < -0.39 is 11.2 Å². The van der Waals surface area contributed by atoms with Gasteiger partial charge in [0, 0.05) is 35.5 Å². The van der Waals surface area contributed by atoms with Crippen molar-refractivity contribution in [3.05, 3.63) is 107 Å². The van der Waals surface area contributed by atoms with Gasteiger partial charge < -0.3 is 9.47 Å². The molecule has 0 bridgehead atoms. The van der Waals surface area contributed by atoms with Crippen molar-refractivity contribution in [3.63, 3.8) is 0 Å². The summed E-state index contributed by atoms with van der Waals surface area (Å²) in [6, 6.07) is 14.1. The van der Waals surface area contributed by atoms with Gasteiger partial charge in [-0.05, 0) is 79.7 Å². The number of aromatic nitrogens is 5. The van der Waals surface area contributed by atoms with E-state index in [0.29, 0.717) is 36.1 Å². The van der Waals surface area contributed by atoms with Gasteiger partial charge in [-0.15, -0.1) is 0 Å². The molecule has 46 heavy (non-hydrogen) atoms. The van der Waals surface area contributed by atoms with Crippen LogP contribution < -0.4 is 25.7 Å². The summed E-state index contributed by atoms with van der Waals surface area (Å²) in [6.45, 7) is 3.92. The number of amides is 1. The van der Waals surface area contributed by atoms with Crippen LogP contribution in [0.3, 0.4) is 0 Å². The molecule has 3 aromatic heterocycles. The Morgan fingerprint density at radius 2 is 1.67 bits per heavy atom. The Kier molecular flexibility index (Phi) is 8.36. The number of ether oxygens (including phenoxy) is 2. The number of rotatable bonds is 7. The molecule has 0 aliphatic carbocycles. The summed E-state index contributed by atoms with van der Waals surface area (Å²) >= 11 is 19.3. The van der Waals surface area contributed by atoms with Crippen molar-refractivity contribution >= 4 is 74.6 Å². The molecule has 15 heteroatoms. The molecule has 1 fully saturated rings. The lowest BCUT2D eigenvalue weighted by Gasteiger charge is -2.20. The summed E-state index contributed by atoms with van der Waals surface area (Å²) in [5, 5.41) is 2.33. The molecule has 1 saturated heterocycles. The smallest absolute Gasteiger partial charge is 0.332 e. The molecule has 236 valence electrons. The first-order valence-corrected chi connectivity index (χ1v) is 15.8. The molecule has 0 N–H and O–H groups in total. The monoisotopic (exact) mass is 696 g/mol. The Labute approximate surface area is 282 Å². The summed E-state index contributed by atoms with van der Waals surface area (Å²) < 4.78 is 18.0. The van der Waals surface area contributed by atoms with Gasteiger partial charge in [0.2, 0.25) is 0 Å². The van der Waals surface area contributed by atoms with Crippen molar-refractivity contribution in [2.45, 2.75) is 20.4 Å². The molecule has 1 aliphatic rings. The quantitative estimate of drug-likeness (QED) is 0.161. The first kappa shape index (κ1) is 31.7. The van der Waals surface area contributed by atoms with Crippen LogP contribution in [0.1, 0.15) is 22.5 Å². The summed E-state index contributed by atoms with van der Waals surface area (Å²) in [6.07, 6.45) is 1.73. The number of hydrogen-bond donors (Lipinski definition) is 0. The molecular weight excluding hydrogens is 671 g/mol. The van der Waals surface area contributed by atoms with Crippen LogP contribution in [0, 0.1) is 13.8 Å². The maximum Gasteiger partial charge on any atom is 0.332 e. The molecule has 2 aromatic carbocycles. The Morgan fingerprint density at radius 3 is 2.35 bits per heavy atom. The van der Waals surface area contributed by atoms with Crippen molar-refractivity contribution in [1.29, 1.82) is 0 Å². The van der Waals surface area contributed by atoms with E-state index in [1.54, 1.807) is 51.7 Å². The molecule has 0 saturated carbocycles. The van der Waals surface area contributed by atoms with Crippen molar-refractivity contribution < 1.29 is 14.3 Å². The van der Waals surface area contributed by atoms with Crippen molar-refractivity contribution in [3.8, 4) is 17.5 Å². The van der Waals surface area contributed by atoms with E-state index in [1.807, 2.05) is 26.0 Å². The van der Waals surface area contributed by atoms with Gasteiger partial charge in [-0.1, -0.05) is 47.1 Å². The van der Waals surface area contributed by atoms with Crippen molar-refractivity contribution in [2.24, 2.45) is 14.1 Å². The lowest BCUT2D eigenvalue weighted by molar-refractivity contribution is -0.114. The van der Waals surface area contributed by atoms with E-state index in [-0.39, 0.29) is 35.4 Å². The Balaban J connectivity index is 1.39. The third kappa shape index (κ3) is 5.42. The fourth-order valence-electron chi connectivity index (χ4n) is 5.19. The second-order valence-corrected chi connectivity index (χ2v) is 13.0. The Hall–Kier alpha value is -4.30. The molecule has 0 spiro atoms. The highest BCUT2D eigenvalue weighted by Gasteiger charge is 2.35. The van der Waals surface area contributed by atoms with Gasteiger partial charge in [-0.3, -0.25) is 28.0 Å². The molecule has 0 atom stereocenters. The zero-order valence-electron chi connectivity index (χ0n) is 25.2. The lowest BCUT2D eigenvalue weighted by atomic mass is 10.2. The number of halogens is 2. The highest BCUT2D eigenvalue weighted by Crippen LogP contribution is 2.37. The molecule has 5 aromatic rings. The average Bonchev–Trinajstić information content (AvgIpc) is 3.64. The molecule has 1 aliphatic heterocycles. The molecule has 0 unspecified atom stereocenters. The Bertz CT molecular complexity index is 2230. The first-order chi connectivity index (χ1) is 21.9. The zero-order chi connectivity index (χ0) is 33.0. The predicted molar refractivity (Wildman–Crippen MR) is 184 cm³/mol. The number of methoxy groups -OCH3 is 1. The summed E-state index contributed by atoms with van der Waals surface area (Å²) in [4.78, 5) is 44.4. The predicted octanol–water partition coefficient (Wildman–Crippen LogP) is 5.55. The highest BCUT2D eigenvalue weighted by molar-refractivity contribution is 8.27. The average molecular weight is 698 g/mol. The summed E-state index contributed by atoms with van der Waals surface area (Å²) in [5.41, 5.74) is 2.30. The molecule has 0 radical (unpaired) electrons. The van der Waals surface area contributed by atoms with Crippen LogP contribution in [0.25, 0.3) is 17.2 Å². The maximum atomic E-state index is 13.4. The Morgan fingerprint density at radius 1 is 0.957 bits per heavy atom. The number of nitrogens with zero attached hydrogens (tertiary/aromatic N) is 6. The van der Waals surface area contributed by atoms with Gasteiger partial charge in [-0.25, -0.2) is 4.79 Å². The fraction of sp³-hybridized carbons (Fsp3) is 0.194. The number of hydrogen-bond acceptors (Lipinski definition) is 8. The number of carbonyl (C=O) groups excluding carboxylic acids is 1. The minimum Gasteiger partial charge on any atom is -0.493 e. The molecule has 11 nitrogen and oxygen atoms in total. The van der Waals surface area contributed by atoms with Crippen molar-refractivity contribution in [2.75, 3.05) is 12.1 Å². The number of thiocarbonyl (C=S) groups is 1. The normalized spacial score (nSPS) is 14.2. The number of thioether (sulfide) groups is 1. The van der Waals surface area contributed by atoms with Crippen LogP contribution >= 0.6 is 47.2 Å². The minimum atomic E-state index is -0.546. The third-order valence-electron chi connectivity index (χ3n) is 7.55. The third-order valence-corrected chi connectivity index (χ3v) is 9.42. The molecule has 6 rings (SSSR count). The molecular formula is C31H26Cl2N6O5S2. The van der Waals surface area contributed by atoms with E-state index in [9.17, 15) is 14.4 Å². The van der Waals surface area contributed by atoms with Crippen LogP contribution in [0.5, 0.6) is 17.5 Å². The first-order valence-electron chi connectivity index (χ1n) is 13.8. The van der Waals surface area contributed by atoms with Crippen LogP contribution in [0.4, 0.5) is 0 Å². The van der Waals surface area contributed by atoms with Gasteiger partial charge in [0.1, 0.15) is 0 Å². The summed E-state index contributed by atoms with van der Waals surface area (Å²) in [5.74, 6) is 0.385. The van der Waals surface area contributed by atoms with E-state index in [4.69, 9.17) is 44.9 Å². The topological polar surface area (TPSA) is 106 Å². The standard InChI is InChI=1S/C31H26Cl2N6O5S2/c1-16-6-7-17(2)38(16)39-27(40)24(46-31(39)45)13-18-8-11-22(23(12-18)43-5)44-29-34-26-25(28(41)36(4)30(42)35(26)3)37(29)15-19-9-10-20(32)14-21(19)33/h6-14H,15H2,1-5H3. The van der Waals surface area contributed by atoms with Crippen LogP contribution in [0.15, 0.2) is 63.0 Å². The van der Waals surface area contributed by atoms with Gasteiger partial charge in [0.25, 0.3) is 11.5 Å². The van der Waals surface area contributed by atoms with Gasteiger partial charge in [0.15, 0.2) is 27.0 Å². The van der Waals surface area contributed by atoms with E-state index in [2.05, 4.69) is 4.98 Å². The number of imidazole rings is 1. The largest absolute Gasteiger partial charge is 0.493 e. The van der Waals surface area contributed by atoms with E-state index in [0.717, 1.165) is 16.0 Å². The number of carbonyl (C=O) groups is 1. The number of benzene rings is 2. The number of fused-ring (bicyclic) bond motifs is 1. The van der Waals surface area contributed by atoms with E-state index >= 15 is 0 Å². The van der Waals surface area contributed by atoms with Gasteiger partial charge >= 0.3 is 11.7 Å². The second-order valence-electron chi connectivity index (χ2n) is 10.5. The fourth-order valence-corrected chi connectivity index (χ4v) is 6.90. The van der Waals surface area contributed by atoms with Crippen LogP contribution in [-0.4, -0.2) is 40.7 Å². The lowest BCUT2D eigenvalue weighted by Crippen LogP contribution is -2.39. The van der Waals surface area contributed by atoms with Crippen LogP contribution in [-0.2, 0) is 25.4 Å². The summed E-state index contributed by atoms with van der Waals surface area (Å²) in [7, 11) is 4.41. The molecule has 1 amide bonds. The zero-order valence-corrected chi connectivity index (χ0v) is 28.3. The van der Waals surface area contributed by atoms with Crippen LogP contribution in [0.2, 0.25) is 10.0 Å². The number of aryl methyl sites for hydroxylation is 3. The van der Waals surface area contributed by atoms with Gasteiger partial charge in [0.05, 0.1) is 18.6 Å².